The molecule has 0 aliphatic heterocycles. The lowest BCUT2D eigenvalue weighted by Gasteiger charge is -2.10. The Balaban J connectivity index is 1.95. The molecule has 1 amide bonds. The second-order valence-electron chi connectivity index (χ2n) is 4.08. The first kappa shape index (κ1) is 16.4. The number of imidazole rings is 1. The number of carbonyl (C=O) groups is 2. The predicted molar refractivity (Wildman–Crippen MR) is 85.6 cm³/mol. The molecule has 1 heterocycles. The number of anilines is 1. The zero-order valence-corrected chi connectivity index (χ0v) is 13.8. The average molecular weight is 386 g/mol. The quantitative estimate of drug-likeness (QED) is 0.660. The number of H-pyrrole nitrogens is 1. The molecule has 116 valence electrons. The van der Waals surface area contributed by atoms with Crippen LogP contribution in [0.3, 0.4) is 0 Å². The predicted octanol–water partition coefficient (Wildman–Crippen LogP) is 2.61. The number of nitrogens with one attached hydrogen (secondary N) is 2. The molecule has 0 spiro atoms. The molecule has 0 radical (unpaired) electrons. The van der Waals surface area contributed by atoms with Crippen LogP contribution in [-0.2, 0) is 4.79 Å². The van der Waals surface area contributed by atoms with Gasteiger partial charge in [-0.15, -0.1) is 0 Å². The van der Waals surface area contributed by atoms with E-state index in [1.807, 2.05) is 0 Å². The van der Waals surface area contributed by atoms with Crippen LogP contribution in [0.15, 0.2) is 34.0 Å². The topological polar surface area (TPSA) is 104 Å². The van der Waals surface area contributed by atoms with Crippen LogP contribution in [-0.4, -0.2) is 39.8 Å². The number of aromatic nitrogens is 2. The molecule has 0 saturated carbocycles. The van der Waals surface area contributed by atoms with E-state index in [0.29, 0.717) is 16.6 Å². The summed E-state index contributed by atoms with van der Waals surface area (Å²) >= 11 is 4.43. The molecule has 0 bridgehead atoms. The van der Waals surface area contributed by atoms with Crippen molar-refractivity contribution < 1.29 is 19.4 Å². The molecule has 3 N–H and O–H groups in total. The summed E-state index contributed by atoms with van der Waals surface area (Å²) in [5, 5.41) is 11.9. The van der Waals surface area contributed by atoms with Crippen LogP contribution in [0.4, 0.5) is 5.69 Å². The van der Waals surface area contributed by atoms with Crippen molar-refractivity contribution in [3.63, 3.8) is 0 Å². The minimum absolute atomic E-state index is 0.0856. The highest BCUT2D eigenvalue weighted by Gasteiger charge is 2.12. The SMILES string of the molecule is COc1ccc(Br)cc1NC(=O)CSc1nc(C(=O)O)c[nH]1. The van der Waals surface area contributed by atoms with Gasteiger partial charge in [0.2, 0.25) is 5.91 Å². The van der Waals surface area contributed by atoms with Gasteiger partial charge in [-0.3, -0.25) is 4.79 Å². The van der Waals surface area contributed by atoms with Gasteiger partial charge >= 0.3 is 5.97 Å². The van der Waals surface area contributed by atoms with Crippen molar-refractivity contribution in [2.75, 3.05) is 18.2 Å². The van der Waals surface area contributed by atoms with Crippen molar-refractivity contribution >= 4 is 45.3 Å². The van der Waals surface area contributed by atoms with Gasteiger partial charge < -0.3 is 20.1 Å². The van der Waals surface area contributed by atoms with Gasteiger partial charge in [-0.2, -0.15) is 0 Å². The second kappa shape index (κ2) is 7.32. The molecule has 0 aliphatic carbocycles. The lowest BCUT2D eigenvalue weighted by Crippen LogP contribution is -2.14. The van der Waals surface area contributed by atoms with Gasteiger partial charge in [0.05, 0.1) is 18.6 Å². The number of carboxylic acids is 1. The summed E-state index contributed by atoms with van der Waals surface area (Å²) in [6.07, 6.45) is 1.28. The number of hydrogen-bond donors (Lipinski definition) is 3. The van der Waals surface area contributed by atoms with E-state index >= 15 is 0 Å². The third-order valence-corrected chi connectivity index (χ3v) is 3.93. The summed E-state index contributed by atoms with van der Waals surface area (Å²) in [5.41, 5.74) is 0.463. The summed E-state index contributed by atoms with van der Waals surface area (Å²) in [6.45, 7) is 0. The van der Waals surface area contributed by atoms with Crippen molar-refractivity contribution in [2.45, 2.75) is 5.16 Å². The molecule has 0 saturated heterocycles. The number of benzene rings is 1. The van der Waals surface area contributed by atoms with Gasteiger partial charge in [0.25, 0.3) is 0 Å². The summed E-state index contributed by atoms with van der Waals surface area (Å²) in [5.74, 6) is -0.740. The molecule has 0 atom stereocenters. The van der Waals surface area contributed by atoms with E-state index in [2.05, 4.69) is 31.2 Å². The number of methoxy groups -OCH3 is 1. The average Bonchev–Trinajstić information content (AvgIpc) is 2.94. The molecule has 1 aromatic heterocycles. The number of nitrogens with zero attached hydrogens (tertiary/aromatic N) is 1. The highest BCUT2D eigenvalue weighted by Crippen LogP contribution is 2.28. The van der Waals surface area contributed by atoms with Crippen LogP contribution in [0.1, 0.15) is 10.5 Å². The Bertz CT molecular complexity index is 704. The molecule has 0 unspecified atom stereocenters. The van der Waals surface area contributed by atoms with Crippen molar-refractivity contribution in [3.8, 4) is 5.75 Å². The molecule has 1 aromatic carbocycles. The molecule has 0 aliphatic rings. The fourth-order valence-electron chi connectivity index (χ4n) is 1.59. The third-order valence-electron chi connectivity index (χ3n) is 2.55. The fourth-order valence-corrected chi connectivity index (χ4v) is 2.59. The fraction of sp³-hybridized carbons (Fsp3) is 0.154. The van der Waals surface area contributed by atoms with Gasteiger partial charge in [-0.1, -0.05) is 27.7 Å². The van der Waals surface area contributed by atoms with Crippen LogP contribution < -0.4 is 10.1 Å². The molecule has 9 heteroatoms. The largest absolute Gasteiger partial charge is 0.495 e. The molecule has 2 aromatic rings. The maximum atomic E-state index is 11.9. The van der Waals surface area contributed by atoms with Gasteiger partial charge in [0.15, 0.2) is 10.9 Å². The number of thioether (sulfide) groups is 1. The highest BCUT2D eigenvalue weighted by molar-refractivity contribution is 9.10. The number of hydrogen-bond acceptors (Lipinski definition) is 5. The van der Waals surface area contributed by atoms with E-state index in [0.717, 1.165) is 16.2 Å². The minimum Gasteiger partial charge on any atom is -0.495 e. The van der Waals surface area contributed by atoms with Gasteiger partial charge in [-0.05, 0) is 18.2 Å². The first-order valence-corrected chi connectivity index (χ1v) is 7.82. The first-order chi connectivity index (χ1) is 10.5. The van der Waals surface area contributed by atoms with Crippen molar-refractivity contribution in [2.24, 2.45) is 0 Å². The lowest BCUT2D eigenvalue weighted by molar-refractivity contribution is -0.113. The van der Waals surface area contributed by atoms with Crippen LogP contribution in [0.5, 0.6) is 5.75 Å². The molecule has 2 rings (SSSR count). The number of carboxylic acid groups (broad SMARTS) is 1. The highest BCUT2D eigenvalue weighted by atomic mass is 79.9. The zero-order chi connectivity index (χ0) is 16.1. The Morgan fingerprint density at radius 1 is 1.50 bits per heavy atom. The number of rotatable bonds is 6. The monoisotopic (exact) mass is 385 g/mol. The van der Waals surface area contributed by atoms with E-state index in [-0.39, 0.29) is 17.4 Å². The maximum absolute atomic E-state index is 11.9. The van der Waals surface area contributed by atoms with Crippen LogP contribution >= 0.6 is 27.7 Å². The number of aromatic amines is 1. The van der Waals surface area contributed by atoms with E-state index in [4.69, 9.17) is 9.84 Å². The molecular weight excluding hydrogens is 374 g/mol. The summed E-state index contributed by atoms with van der Waals surface area (Å²) in [7, 11) is 1.52. The van der Waals surface area contributed by atoms with E-state index < -0.39 is 5.97 Å². The van der Waals surface area contributed by atoms with Crippen molar-refractivity contribution in [3.05, 3.63) is 34.6 Å². The van der Waals surface area contributed by atoms with E-state index in [1.165, 1.54) is 13.3 Å². The number of amides is 1. The van der Waals surface area contributed by atoms with Gasteiger partial charge in [-0.25, -0.2) is 9.78 Å². The second-order valence-corrected chi connectivity index (χ2v) is 5.96. The Kier molecular flexibility index (Phi) is 5.45. The molecule has 0 fully saturated rings. The maximum Gasteiger partial charge on any atom is 0.356 e. The van der Waals surface area contributed by atoms with E-state index in [1.54, 1.807) is 18.2 Å². The third kappa shape index (κ3) is 4.25. The summed E-state index contributed by atoms with van der Waals surface area (Å²) in [6, 6.07) is 5.27. The van der Waals surface area contributed by atoms with Crippen LogP contribution in [0, 0.1) is 0 Å². The summed E-state index contributed by atoms with van der Waals surface area (Å²) < 4.78 is 5.98. The van der Waals surface area contributed by atoms with Gasteiger partial charge in [0, 0.05) is 10.7 Å². The molecule has 7 nitrogen and oxygen atoms in total. The standard InChI is InChI=1S/C13H12BrN3O4S/c1-21-10-3-2-7(14)4-8(10)16-11(18)6-22-13-15-5-9(17-13)12(19)20/h2-5H,6H2,1H3,(H,15,17)(H,16,18)(H,19,20). The Labute approximate surface area is 138 Å². The van der Waals surface area contributed by atoms with Gasteiger partial charge in [0.1, 0.15) is 5.75 Å². The lowest BCUT2D eigenvalue weighted by atomic mass is 10.3. The van der Waals surface area contributed by atoms with Crippen molar-refractivity contribution in [1.29, 1.82) is 0 Å². The Hall–Kier alpha value is -2.00. The molecule has 22 heavy (non-hydrogen) atoms. The Morgan fingerprint density at radius 2 is 2.27 bits per heavy atom. The number of ether oxygens (including phenoxy) is 1. The number of carbonyl (C=O) groups excluding carboxylic acids is 1. The first-order valence-electron chi connectivity index (χ1n) is 6.04. The van der Waals surface area contributed by atoms with Crippen LogP contribution in [0.25, 0.3) is 0 Å². The molecular formula is C13H12BrN3O4S. The van der Waals surface area contributed by atoms with Crippen LogP contribution in [0.2, 0.25) is 0 Å². The number of halogens is 1. The van der Waals surface area contributed by atoms with E-state index in [9.17, 15) is 9.59 Å². The minimum atomic E-state index is -1.12. The van der Waals surface area contributed by atoms with Crippen molar-refractivity contribution in [1.82, 2.24) is 9.97 Å². The summed E-state index contributed by atoms with van der Waals surface area (Å²) in [4.78, 5) is 29.2. The normalized spacial score (nSPS) is 10.3. The number of aromatic carboxylic acids is 1. The smallest absolute Gasteiger partial charge is 0.356 e. The zero-order valence-electron chi connectivity index (χ0n) is 11.4. The Morgan fingerprint density at radius 3 is 2.91 bits per heavy atom.